The van der Waals surface area contributed by atoms with E-state index >= 15 is 0 Å². The van der Waals surface area contributed by atoms with E-state index in [2.05, 4.69) is 35.1 Å². The van der Waals surface area contributed by atoms with E-state index in [-0.39, 0.29) is 18.0 Å². The lowest BCUT2D eigenvalue weighted by atomic mass is 9.68. The van der Waals surface area contributed by atoms with Crippen LogP contribution in [0.25, 0.3) is 0 Å². The fourth-order valence-electron chi connectivity index (χ4n) is 4.10. The molecule has 1 aliphatic carbocycles. The maximum atomic E-state index is 12.8. The van der Waals surface area contributed by atoms with Gasteiger partial charge in [-0.3, -0.25) is 4.79 Å². The number of rotatable bonds is 4. The topological polar surface area (TPSA) is 52.7 Å². The average molecular weight is 422 g/mol. The number of aryl methyl sites for hydroxylation is 1. The number of anilines is 1. The summed E-state index contributed by atoms with van der Waals surface area (Å²) in [5.74, 6) is -0.0231. The van der Waals surface area contributed by atoms with Crippen LogP contribution in [0.5, 0.6) is 0 Å². The summed E-state index contributed by atoms with van der Waals surface area (Å²) in [5, 5.41) is 2.97. The van der Waals surface area contributed by atoms with Crippen molar-refractivity contribution in [2.45, 2.75) is 59.0 Å². The molecule has 1 saturated heterocycles. The van der Waals surface area contributed by atoms with E-state index in [0.717, 1.165) is 28.6 Å². The van der Waals surface area contributed by atoms with E-state index in [1.165, 1.54) is 0 Å². The molecule has 1 aromatic carbocycles. The molecule has 3 rings (SSSR count). The van der Waals surface area contributed by atoms with Gasteiger partial charge in [-0.25, -0.2) is 4.79 Å². The molecule has 1 heterocycles. The van der Waals surface area contributed by atoms with Crippen molar-refractivity contribution < 1.29 is 9.59 Å². The van der Waals surface area contributed by atoms with Crippen LogP contribution < -0.4 is 10.2 Å². The molecule has 1 saturated carbocycles. The van der Waals surface area contributed by atoms with Gasteiger partial charge in [0.05, 0.1) is 0 Å². The number of carbonyl (C=O) groups excluding carboxylic acids is 2. The van der Waals surface area contributed by atoms with E-state index in [1.807, 2.05) is 36.9 Å². The molecule has 1 unspecified atom stereocenters. The third kappa shape index (κ3) is 3.75. The molecule has 0 bridgehead atoms. The second kappa shape index (κ2) is 7.22. The molecule has 1 aromatic rings. The molecule has 5 nitrogen and oxygen atoms in total. The molecule has 3 amide bonds. The molecule has 0 radical (unpaired) electrons. The third-order valence-corrected chi connectivity index (χ3v) is 6.46. The normalized spacial score (nSPS) is 22.3. The van der Waals surface area contributed by atoms with E-state index in [1.54, 1.807) is 4.90 Å². The molecular weight excluding hydrogens is 394 g/mol. The zero-order valence-electron chi connectivity index (χ0n) is 16.0. The molecule has 1 N–H and O–H groups in total. The van der Waals surface area contributed by atoms with Crippen molar-refractivity contribution in [3.05, 3.63) is 28.2 Å². The monoisotopic (exact) mass is 421 g/mol. The first-order chi connectivity index (χ1) is 12.2. The van der Waals surface area contributed by atoms with Gasteiger partial charge in [0, 0.05) is 29.3 Å². The highest BCUT2D eigenvalue weighted by Crippen LogP contribution is 2.42. The lowest BCUT2D eigenvalue weighted by Gasteiger charge is -2.48. The quantitative estimate of drug-likeness (QED) is 0.795. The Morgan fingerprint density at radius 3 is 2.65 bits per heavy atom. The van der Waals surface area contributed by atoms with E-state index in [4.69, 9.17) is 0 Å². The maximum absolute atomic E-state index is 12.8. The summed E-state index contributed by atoms with van der Waals surface area (Å²) < 4.78 is 1.03. The summed E-state index contributed by atoms with van der Waals surface area (Å²) in [6.45, 7) is 9.77. The molecular formula is C20H28BrN3O2. The van der Waals surface area contributed by atoms with Gasteiger partial charge in [-0.1, -0.05) is 29.8 Å². The van der Waals surface area contributed by atoms with Gasteiger partial charge in [0.2, 0.25) is 5.91 Å². The average Bonchev–Trinajstić information content (AvgIpc) is 2.90. The van der Waals surface area contributed by atoms with Crippen molar-refractivity contribution in [1.82, 2.24) is 10.2 Å². The molecule has 2 fully saturated rings. The van der Waals surface area contributed by atoms with Gasteiger partial charge in [-0.2, -0.15) is 0 Å². The van der Waals surface area contributed by atoms with Crippen molar-refractivity contribution in [3.8, 4) is 0 Å². The second-order valence-corrected chi connectivity index (χ2v) is 9.08. The van der Waals surface area contributed by atoms with Crippen LogP contribution in [-0.2, 0) is 4.79 Å². The second-order valence-electron chi connectivity index (χ2n) is 8.23. The Kier molecular flexibility index (Phi) is 5.33. The van der Waals surface area contributed by atoms with E-state index in [0.29, 0.717) is 24.9 Å². The van der Waals surface area contributed by atoms with Gasteiger partial charge in [0.15, 0.2) is 0 Å². The number of nitrogens with one attached hydrogen (secondary N) is 1. The highest BCUT2D eigenvalue weighted by atomic mass is 79.9. The minimum absolute atomic E-state index is 0.0231. The van der Waals surface area contributed by atoms with Crippen molar-refractivity contribution in [3.63, 3.8) is 0 Å². The van der Waals surface area contributed by atoms with Gasteiger partial charge < -0.3 is 15.1 Å². The Morgan fingerprint density at radius 1 is 1.38 bits per heavy atom. The van der Waals surface area contributed by atoms with E-state index in [9.17, 15) is 9.59 Å². The minimum Gasteiger partial charge on any atom is -0.326 e. The molecule has 2 aliphatic rings. The molecule has 142 valence electrons. The Hall–Kier alpha value is -1.56. The van der Waals surface area contributed by atoms with Crippen LogP contribution in [-0.4, -0.2) is 42.0 Å². The predicted octanol–water partition coefficient (Wildman–Crippen LogP) is 4.08. The van der Waals surface area contributed by atoms with E-state index < -0.39 is 6.04 Å². The summed E-state index contributed by atoms with van der Waals surface area (Å²) in [6.07, 6.45) is 2.70. The molecule has 1 atom stereocenters. The number of nitrogens with zero attached hydrogens (tertiary/aromatic N) is 2. The number of urea groups is 1. The minimum atomic E-state index is -0.436. The first-order valence-electron chi connectivity index (χ1n) is 9.36. The molecule has 0 aromatic heterocycles. The van der Waals surface area contributed by atoms with Gasteiger partial charge in [0.1, 0.15) is 6.04 Å². The number of hydrogen-bond acceptors (Lipinski definition) is 2. The molecule has 0 spiro atoms. The van der Waals surface area contributed by atoms with Crippen molar-refractivity contribution in [2.75, 3.05) is 18.0 Å². The van der Waals surface area contributed by atoms with Crippen LogP contribution in [0.4, 0.5) is 10.5 Å². The zero-order valence-corrected chi connectivity index (χ0v) is 17.6. The van der Waals surface area contributed by atoms with Crippen LogP contribution in [0.3, 0.4) is 0 Å². The van der Waals surface area contributed by atoms with Crippen molar-refractivity contribution in [2.24, 2.45) is 5.41 Å². The molecule has 6 heteroatoms. The summed E-state index contributed by atoms with van der Waals surface area (Å²) in [5.41, 5.74) is 2.30. The first kappa shape index (κ1) is 19.2. The number of hydrogen-bond donors (Lipinski definition) is 1. The highest BCUT2D eigenvalue weighted by Gasteiger charge is 2.42. The third-order valence-electron chi connectivity index (χ3n) is 5.58. The number of carbonyl (C=O) groups is 2. The van der Waals surface area contributed by atoms with Crippen molar-refractivity contribution >= 4 is 33.6 Å². The van der Waals surface area contributed by atoms with Crippen molar-refractivity contribution in [1.29, 1.82) is 0 Å². The van der Waals surface area contributed by atoms with Gasteiger partial charge in [-0.15, -0.1) is 0 Å². The Labute approximate surface area is 164 Å². The Morgan fingerprint density at radius 2 is 2.08 bits per heavy atom. The number of benzene rings is 1. The number of halogens is 1. The van der Waals surface area contributed by atoms with Gasteiger partial charge in [-0.05, 0) is 62.3 Å². The smallest absolute Gasteiger partial charge is 0.318 e. The Bertz CT molecular complexity index is 711. The summed E-state index contributed by atoms with van der Waals surface area (Å²) in [4.78, 5) is 29.1. The largest absolute Gasteiger partial charge is 0.326 e. The maximum Gasteiger partial charge on any atom is 0.318 e. The standard InChI is InChI=1S/C20H28BrN3O2/c1-5-23(15-11-20(3,4)12-15)19(26)22-17-8-9-24(18(17)25)14-6-7-16(21)13(2)10-14/h6-7,10,15,17H,5,8-9,11-12H2,1-4H3,(H,22,26). The number of amides is 3. The van der Waals surface area contributed by atoms with Crippen LogP contribution >= 0.6 is 15.9 Å². The lowest BCUT2D eigenvalue weighted by molar-refractivity contribution is -0.118. The Balaban J connectivity index is 1.63. The van der Waals surface area contributed by atoms with Crippen LogP contribution in [0.1, 0.15) is 45.6 Å². The summed E-state index contributed by atoms with van der Waals surface area (Å²) in [6, 6.07) is 5.64. The van der Waals surface area contributed by atoms with Crippen LogP contribution in [0.2, 0.25) is 0 Å². The summed E-state index contributed by atoms with van der Waals surface area (Å²) in [7, 11) is 0. The predicted molar refractivity (Wildman–Crippen MR) is 107 cm³/mol. The van der Waals surface area contributed by atoms with Crippen LogP contribution in [0.15, 0.2) is 22.7 Å². The molecule has 26 heavy (non-hydrogen) atoms. The summed E-state index contributed by atoms with van der Waals surface area (Å²) >= 11 is 3.49. The molecule has 1 aliphatic heterocycles. The highest BCUT2D eigenvalue weighted by molar-refractivity contribution is 9.10. The SMILES string of the molecule is CCN(C(=O)NC1CCN(c2ccc(Br)c(C)c2)C1=O)C1CC(C)(C)C1. The zero-order chi connectivity index (χ0) is 19.1. The van der Waals surface area contributed by atoms with Gasteiger partial charge in [0.25, 0.3) is 0 Å². The fourth-order valence-corrected chi connectivity index (χ4v) is 4.35. The van der Waals surface area contributed by atoms with Crippen LogP contribution in [0, 0.1) is 12.3 Å². The lowest BCUT2D eigenvalue weighted by Crippen LogP contribution is -2.56. The van der Waals surface area contributed by atoms with Gasteiger partial charge >= 0.3 is 6.03 Å². The fraction of sp³-hybridized carbons (Fsp3) is 0.600. The first-order valence-corrected chi connectivity index (χ1v) is 10.2.